The van der Waals surface area contributed by atoms with E-state index in [0.717, 1.165) is 42.2 Å². The van der Waals surface area contributed by atoms with Crippen LogP contribution < -0.4 is 10.4 Å². The van der Waals surface area contributed by atoms with E-state index in [0.29, 0.717) is 11.3 Å². The molecule has 0 spiro atoms. The number of aryl methyl sites for hydroxylation is 1. The van der Waals surface area contributed by atoms with Crippen molar-refractivity contribution in [1.29, 1.82) is 0 Å². The van der Waals surface area contributed by atoms with E-state index < -0.39 is 12.1 Å². The third-order valence-electron chi connectivity index (χ3n) is 4.04. The molecule has 5 heteroatoms. The van der Waals surface area contributed by atoms with Crippen LogP contribution in [0.3, 0.4) is 0 Å². The van der Waals surface area contributed by atoms with Gasteiger partial charge in [0.05, 0.1) is 7.11 Å². The van der Waals surface area contributed by atoms with Crippen molar-refractivity contribution in [3.05, 3.63) is 39.7 Å². The van der Waals surface area contributed by atoms with E-state index in [4.69, 9.17) is 9.15 Å². The first kappa shape index (κ1) is 14.6. The molecule has 0 saturated carbocycles. The van der Waals surface area contributed by atoms with Gasteiger partial charge in [0.25, 0.3) is 0 Å². The van der Waals surface area contributed by atoms with Gasteiger partial charge < -0.3 is 13.9 Å². The second-order valence-electron chi connectivity index (χ2n) is 5.49. The number of benzene rings is 1. The third-order valence-corrected chi connectivity index (χ3v) is 4.04. The Bertz CT molecular complexity index is 774. The van der Waals surface area contributed by atoms with Crippen LogP contribution in [0.1, 0.15) is 30.9 Å². The van der Waals surface area contributed by atoms with Crippen molar-refractivity contribution >= 4 is 16.9 Å². The Kier molecular flexibility index (Phi) is 3.88. The molecule has 22 heavy (non-hydrogen) atoms. The molecule has 2 aromatic rings. The van der Waals surface area contributed by atoms with Crippen molar-refractivity contribution in [3.63, 3.8) is 0 Å². The fourth-order valence-electron chi connectivity index (χ4n) is 2.92. The van der Waals surface area contributed by atoms with Crippen LogP contribution in [0, 0.1) is 0 Å². The van der Waals surface area contributed by atoms with Crippen LogP contribution in [0.4, 0.5) is 0 Å². The lowest BCUT2D eigenvalue weighted by molar-refractivity contribution is -0.147. The van der Waals surface area contributed by atoms with Gasteiger partial charge in [-0.2, -0.15) is 0 Å². The minimum absolute atomic E-state index is 0.264. The molecule has 1 aliphatic carbocycles. The van der Waals surface area contributed by atoms with Crippen molar-refractivity contribution in [2.75, 3.05) is 7.11 Å². The number of hydrogen-bond acceptors (Lipinski definition) is 5. The molecule has 3 rings (SSSR count). The lowest BCUT2D eigenvalue weighted by Gasteiger charge is -2.17. The Hall–Kier alpha value is -2.30. The molecule has 0 unspecified atom stereocenters. The topological polar surface area (TPSA) is 65.7 Å². The van der Waals surface area contributed by atoms with Gasteiger partial charge >= 0.3 is 11.6 Å². The zero-order chi connectivity index (χ0) is 15.7. The van der Waals surface area contributed by atoms with Crippen molar-refractivity contribution in [2.24, 2.45) is 0 Å². The van der Waals surface area contributed by atoms with Crippen molar-refractivity contribution in [2.45, 2.75) is 38.7 Å². The van der Waals surface area contributed by atoms with E-state index in [1.165, 1.54) is 7.11 Å². The summed E-state index contributed by atoms with van der Waals surface area (Å²) in [6, 6.07) is 5.34. The summed E-state index contributed by atoms with van der Waals surface area (Å²) in [7, 11) is 1.31. The Morgan fingerprint density at radius 3 is 2.68 bits per heavy atom. The van der Waals surface area contributed by atoms with Crippen LogP contribution in [-0.4, -0.2) is 19.2 Å². The molecular formula is C17H18O5. The summed E-state index contributed by atoms with van der Waals surface area (Å²) in [6.45, 7) is 1.61. The van der Waals surface area contributed by atoms with Crippen molar-refractivity contribution in [1.82, 2.24) is 0 Å². The average Bonchev–Trinajstić information content (AvgIpc) is 2.54. The minimum Gasteiger partial charge on any atom is -0.479 e. The summed E-state index contributed by atoms with van der Waals surface area (Å²) in [6.07, 6.45) is 3.08. The summed E-state index contributed by atoms with van der Waals surface area (Å²) in [4.78, 5) is 23.5. The summed E-state index contributed by atoms with van der Waals surface area (Å²) >= 11 is 0. The van der Waals surface area contributed by atoms with Crippen LogP contribution in [-0.2, 0) is 22.4 Å². The van der Waals surface area contributed by atoms with Crippen LogP contribution in [0.2, 0.25) is 0 Å². The predicted octanol–water partition coefficient (Wildman–Crippen LogP) is 2.61. The summed E-state index contributed by atoms with van der Waals surface area (Å²) in [5, 5.41) is 0.951. The maximum absolute atomic E-state index is 12.1. The number of carbonyl (C=O) groups is 1. The highest BCUT2D eigenvalue weighted by Gasteiger charge is 2.19. The van der Waals surface area contributed by atoms with Gasteiger partial charge in [-0.15, -0.1) is 0 Å². The third kappa shape index (κ3) is 2.58. The normalized spacial score (nSPS) is 15.2. The summed E-state index contributed by atoms with van der Waals surface area (Å²) in [5.41, 5.74) is 2.13. The van der Waals surface area contributed by atoms with E-state index in [1.807, 2.05) is 6.07 Å². The number of methoxy groups -OCH3 is 1. The van der Waals surface area contributed by atoms with Gasteiger partial charge in [0.15, 0.2) is 6.10 Å². The molecular weight excluding hydrogens is 284 g/mol. The quantitative estimate of drug-likeness (QED) is 0.644. The van der Waals surface area contributed by atoms with Gasteiger partial charge in [-0.1, -0.05) is 0 Å². The largest absolute Gasteiger partial charge is 0.479 e. The second-order valence-corrected chi connectivity index (χ2v) is 5.49. The molecule has 0 radical (unpaired) electrons. The van der Waals surface area contributed by atoms with Gasteiger partial charge in [-0.05, 0) is 50.3 Å². The fraction of sp³-hybridized carbons (Fsp3) is 0.412. The van der Waals surface area contributed by atoms with Crippen molar-refractivity contribution in [3.8, 4) is 5.75 Å². The molecule has 0 bridgehead atoms. The summed E-state index contributed by atoms with van der Waals surface area (Å²) < 4.78 is 15.6. The fourth-order valence-corrected chi connectivity index (χ4v) is 2.92. The van der Waals surface area contributed by atoms with E-state index in [9.17, 15) is 9.59 Å². The number of fused-ring (bicyclic) bond motifs is 3. The highest BCUT2D eigenvalue weighted by Crippen LogP contribution is 2.29. The molecule has 116 valence electrons. The van der Waals surface area contributed by atoms with Crippen LogP contribution in [0.25, 0.3) is 11.0 Å². The molecule has 0 amide bonds. The molecule has 0 saturated heterocycles. The predicted molar refractivity (Wildman–Crippen MR) is 81.2 cm³/mol. The first-order valence-corrected chi connectivity index (χ1v) is 7.43. The summed E-state index contributed by atoms with van der Waals surface area (Å²) in [5.74, 6) is 0.0244. The molecule has 1 aromatic heterocycles. The molecule has 1 aromatic carbocycles. The monoisotopic (exact) mass is 302 g/mol. The smallest absolute Gasteiger partial charge is 0.346 e. The SMILES string of the molecule is COC(=O)[C@@H](C)Oc1ccc2c3c(c(=O)oc2c1)CCCC3. The lowest BCUT2D eigenvalue weighted by Crippen LogP contribution is -2.24. The second kappa shape index (κ2) is 5.83. The van der Waals surface area contributed by atoms with E-state index in [2.05, 4.69) is 4.74 Å². The maximum atomic E-state index is 12.1. The standard InChI is InChI=1S/C17H18O5/c1-10(16(18)20-2)21-11-7-8-13-12-5-3-4-6-14(12)17(19)22-15(13)9-11/h7-10H,3-6H2,1-2H3/t10-/m1/s1. The number of rotatable bonds is 3. The molecule has 1 aliphatic rings. The Balaban J connectivity index is 2.00. The number of esters is 1. The van der Waals surface area contributed by atoms with E-state index in [1.54, 1.807) is 19.1 Å². The van der Waals surface area contributed by atoms with E-state index in [-0.39, 0.29) is 5.63 Å². The number of hydrogen-bond donors (Lipinski definition) is 0. The average molecular weight is 302 g/mol. The van der Waals surface area contributed by atoms with Gasteiger partial charge in [0, 0.05) is 17.0 Å². The maximum Gasteiger partial charge on any atom is 0.346 e. The van der Waals surface area contributed by atoms with Gasteiger partial charge in [-0.25, -0.2) is 9.59 Å². The Morgan fingerprint density at radius 1 is 1.23 bits per heavy atom. The molecule has 0 N–H and O–H groups in total. The number of ether oxygens (including phenoxy) is 2. The highest BCUT2D eigenvalue weighted by molar-refractivity contribution is 5.83. The molecule has 1 heterocycles. The van der Waals surface area contributed by atoms with Gasteiger partial charge in [0.2, 0.25) is 0 Å². The lowest BCUT2D eigenvalue weighted by atomic mass is 9.91. The Morgan fingerprint density at radius 2 is 1.95 bits per heavy atom. The highest BCUT2D eigenvalue weighted by atomic mass is 16.6. The van der Waals surface area contributed by atoms with Gasteiger partial charge in [-0.3, -0.25) is 0 Å². The van der Waals surface area contributed by atoms with Crippen LogP contribution in [0.15, 0.2) is 27.4 Å². The first-order chi connectivity index (χ1) is 10.6. The minimum atomic E-state index is -0.716. The molecule has 1 atom stereocenters. The molecule has 0 aliphatic heterocycles. The van der Waals surface area contributed by atoms with Gasteiger partial charge in [0.1, 0.15) is 11.3 Å². The molecule has 5 nitrogen and oxygen atoms in total. The van der Waals surface area contributed by atoms with Crippen LogP contribution >= 0.6 is 0 Å². The molecule has 0 fully saturated rings. The van der Waals surface area contributed by atoms with Crippen LogP contribution in [0.5, 0.6) is 5.75 Å². The zero-order valence-corrected chi connectivity index (χ0v) is 12.7. The van der Waals surface area contributed by atoms with Crippen molar-refractivity contribution < 1.29 is 18.7 Å². The number of carbonyl (C=O) groups excluding carboxylic acids is 1. The Labute approximate surface area is 127 Å². The zero-order valence-electron chi connectivity index (χ0n) is 12.7. The first-order valence-electron chi connectivity index (χ1n) is 7.43. The van der Waals surface area contributed by atoms with E-state index >= 15 is 0 Å².